The van der Waals surface area contributed by atoms with Gasteiger partial charge >= 0.3 is 0 Å². The number of ether oxygens (including phenoxy) is 1. The Hall–Kier alpha value is -0.650. The van der Waals surface area contributed by atoms with Crippen LogP contribution >= 0.6 is 11.3 Å². The minimum Gasteiger partial charge on any atom is -0.380 e. The zero-order chi connectivity index (χ0) is 12.3. The van der Waals surface area contributed by atoms with Crippen LogP contribution in [0.15, 0.2) is 0 Å². The highest BCUT2D eigenvalue weighted by Gasteiger charge is 2.22. The van der Waals surface area contributed by atoms with Gasteiger partial charge in [-0.1, -0.05) is 0 Å². The average Bonchev–Trinajstić information content (AvgIpc) is 2.75. The van der Waals surface area contributed by atoms with Crippen molar-refractivity contribution in [2.75, 3.05) is 31.7 Å². The van der Waals surface area contributed by atoms with E-state index in [1.165, 1.54) is 11.3 Å². The van der Waals surface area contributed by atoms with Crippen LogP contribution in [0.4, 0.5) is 5.13 Å². The number of hydrogen-bond donors (Lipinski definition) is 1. The highest BCUT2D eigenvalue weighted by molar-refractivity contribution is 7.15. The van der Waals surface area contributed by atoms with Gasteiger partial charge in [0.2, 0.25) is 0 Å². The molecule has 0 aliphatic heterocycles. The van der Waals surface area contributed by atoms with Crippen molar-refractivity contribution in [1.29, 1.82) is 0 Å². The van der Waals surface area contributed by atoms with E-state index in [1.54, 1.807) is 11.3 Å². The van der Waals surface area contributed by atoms with E-state index in [1.807, 2.05) is 6.92 Å². The molecule has 1 aliphatic rings. The average molecular weight is 255 g/mol. The van der Waals surface area contributed by atoms with Gasteiger partial charge in [-0.15, -0.1) is 11.3 Å². The molecule has 0 spiro atoms. The molecule has 0 radical (unpaired) electrons. The van der Waals surface area contributed by atoms with Crippen LogP contribution in [0.1, 0.15) is 36.4 Å². The monoisotopic (exact) mass is 255 g/mol. The fraction of sp³-hybridized carbons (Fsp3) is 0.750. The van der Waals surface area contributed by atoms with E-state index in [0.29, 0.717) is 0 Å². The first-order valence-electron chi connectivity index (χ1n) is 6.26. The lowest BCUT2D eigenvalue weighted by Gasteiger charge is -2.16. The summed E-state index contributed by atoms with van der Waals surface area (Å²) in [7, 11) is 2.06. The Balaban J connectivity index is 2.01. The zero-order valence-corrected chi connectivity index (χ0v) is 11.4. The van der Waals surface area contributed by atoms with Gasteiger partial charge in [-0.25, -0.2) is 4.98 Å². The number of aryl methyl sites for hydroxylation is 1. The first-order valence-corrected chi connectivity index (χ1v) is 7.08. The largest absolute Gasteiger partial charge is 0.380 e. The number of nitrogens with two attached hydrogens (primary N) is 1. The molecule has 1 heterocycles. The molecule has 1 atom stereocenters. The summed E-state index contributed by atoms with van der Waals surface area (Å²) in [6, 6.07) is 0.143. The van der Waals surface area contributed by atoms with E-state index in [9.17, 15) is 0 Å². The SMILES string of the molecule is CCOCCN(C)c1nc2c(s1)CCCC2N. The minimum atomic E-state index is 0.143. The predicted molar refractivity (Wildman–Crippen MR) is 71.7 cm³/mol. The van der Waals surface area contributed by atoms with Crippen LogP contribution < -0.4 is 10.6 Å². The van der Waals surface area contributed by atoms with Crippen molar-refractivity contribution in [2.45, 2.75) is 32.2 Å². The summed E-state index contributed by atoms with van der Waals surface area (Å²) in [6.45, 7) is 4.42. The lowest BCUT2D eigenvalue weighted by atomic mass is 9.99. The van der Waals surface area contributed by atoms with Crippen molar-refractivity contribution >= 4 is 16.5 Å². The van der Waals surface area contributed by atoms with Gasteiger partial charge in [0.05, 0.1) is 12.3 Å². The summed E-state index contributed by atoms with van der Waals surface area (Å²) in [4.78, 5) is 8.21. The number of aromatic nitrogens is 1. The van der Waals surface area contributed by atoms with Crippen molar-refractivity contribution < 1.29 is 4.74 Å². The van der Waals surface area contributed by atoms with E-state index < -0.39 is 0 Å². The number of fused-ring (bicyclic) bond motifs is 1. The molecule has 0 bridgehead atoms. The summed E-state index contributed by atoms with van der Waals surface area (Å²) < 4.78 is 5.36. The summed E-state index contributed by atoms with van der Waals surface area (Å²) in [5.74, 6) is 0. The van der Waals surface area contributed by atoms with Crippen molar-refractivity contribution in [3.63, 3.8) is 0 Å². The van der Waals surface area contributed by atoms with Gasteiger partial charge in [-0.05, 0) is 26.2 Å². The van der Waals surface area contributed by atoms with E-state index >= 15 is 0 Å². The quantitative estimate of drug-likeness (QED) is 0.817. The molecular formula is C12H21N3OS. The molecule has 0 saturated heterocycles. The van der Waals surface area contributed by atoms with E-state index in [4.69, 9.17) is 10.5 Å². The number of thiazole rings is 1. The number of nitrogens with zero attached hydrogens (tertiary/aromatic N) is 2. The molecule has 4 nitrogen and oxygen atoms in total. The standard InChI is InChI=1S/C12H21N3OS/c1-3-16-8-7-15(2)12-14-11-9(13)5-4-6-10(11)17-12/h9H,3-8,13H2,1-2H3. The molecule has 17 heavy (non-hydrogen) atoms. The van der Waals surface area contributed by atoms with Crippen LogP contribution in [0.5, 0.6) is 0 Å². The van der Waals surface area contributed by atoms with Gasteiger partial charge in [0.1, 0.15) is 0 Å². The number of rotatable bonds is 5. The molecular weight excluding hydrogens is 234 g/mol. The van der Waals surface area contributed by atoms with Gasteiger partial charge in [0.15, 0.2) is 5.13 Å². The van der Waals surface area contributed by atoms with Crippen LogP contribution in [0.2, 0.25) is 0 Å². The number of hydrogen-bond acceptors (Lipinski definition) is 5. The molecule has 1 aromatic rings. The van der Waals surface area contributed by atoms with Gasteiger partial charge in [0, 0.05) is 31.1 Å². The molecule has 96 valence electrons. The van der Waals surface area contributed by atoms with Crippen LogP contribution in [-0.4, -0.2) is 31.8 Å². The van der Waals surface area contributed by atoms with Crippen molar-refractivity contribution in [3.05, 3.63) is 10.6 Å². The lowest BCUT2D eigenvalue weighted by Crippen LogP contribution is -2.22. The normalized spacial score (nSPS) is 19.1. The molecule has 1 aliphatic carbocycles. The Morgan fingerprint density at radius 2 is 2.41 bits per heavy atom. The highest BCUT2D eigenvalue weighted by Crippen LogP contribution is 2.35. The van der Waals surface area contributed by atoms with Crippen molar-refractivity contribution in [2.24, 2.45) is 5.73 Å². The Bertz CT molecular complexity index is 367. The Labute approximate surface area is 107 Å². The highest BCUT2D eigenvalue weighted by atomic mass is 32.1. The van der Waals surface area contributed by atoms with Crippen molar-refractivity contribution in [3.8, 4) is 0 Å². The Kier molecular flexibility index (Phi) is 4.36. The topological polar surface area (TPSA) is 51.4 Å². The summed E-state index contributed by atoms with van der Waals surface area (Å²) in [5, 5.41) is 1.08. The maximum Gasteiger partial charge on any atom is 0.185 e. The molecule has 5 heteroatoms. The lowest BCUT2D eigenvalue weighted by molar-refractivity contribution is 0.154. The minimum absolute atomic E-state index is 0.143. The zero-order valence-electron chi connectivity index (χ0n) is 10.6. The van der Waals surface area contributed by atoms with Crippen molar-refractivity contribution in [1.82, 2.24) is 4.98 Å². The maximum atomic E-state index is 6.08. The maximum absolute atomic E-state index is 6.08. The molecule has 1 unspecified atom stereocenters. The summed E-state index contributed by atoms with van der Waals surface area (Å²) in [5.41, 5.74) is 7.21. The predicted octanol–water partition coefficient (Wildman–Crippen LogP) is 1.95. The van der Waals surface area contributed by atoms with E-state index in [2.05, 4.69) is 16.9 Å². The molecule has 0 aromatic carbocycles. The third-order valence-corrected chi connectivity index (χ3v) is 4.33. The summed E-state index contributed by atoms with van der Waals surface area (Å²) in [6.07, 6.45) is 3.40. The molecule has 2 N–H and O–H groups in total. The van der Waals surface area contributed by atoms with Gasteiger partial charge in [-0.2, -0.15) is 0 Å². The fourth-order valence-electron chi connectivity index (χ4n) is 2.04. The van der Waals surface area contributed by atoms with Gasteiger partial charge in [-0.3, -0.25) is 0 Å². The van der Waals surface area contributed by atoms with Crippen LogP contribution in [0.3, 0.4) is 0 Å². The second kappa shape index (κ2) is 5.80. The molecule has 0 saturated carbocycles. The van der Waals surface area contributed by atoms with E-state index in [-0.39, 0.29) is 6.04 Å². The number of likely N-dealkylation sites (N-methyl/N-ethyl adjacent to an activating group) is 1. The Morgan fingerprint density at radius 1 is 1.59 bits per heavy atom. The fourth-order valence-corrected chi connectivity index (χ4v) is 3.20. The van der Waals surface area contributed by atoms with Crippen LogP contribution in [0.25, 0.3) is 0 Å². The number of anilines is 1. The second-order valence-corrected chi connectivity index (χ2v) is 5.48. The summed E-state index contributed by atoms with van der Waals surface area (Å²) >= 11 is 1.78. The van der Waals surface area contributed by atoms with Gasteiger partial charge < -0.3 is 15.4 Å². The molecule has 0 amide bonds. The smallest absolute Gasteiger partial charge is 0.185 e. The Morgan fingerprint density at radius 3 is 3.12 bits per heavy atom. The van der Waals surface area contributed by atoms with Gasteiger partial charge in [0.25, 0.3) is 0 Å². The third kappa shape index (κ3) is 2.97. The third-order valence-electron chi connectivity index (χ3n) is 3.09. The first kappa shape index (κ1) is 12.8. The van der Waals surface area contributed by atoms with Crippen LogP contribution in [-0.2, 0) is 11.2 Å². The van der Waals surface area contributed by atoms with Crippen LogP contribution in [0, 0.1) is 0 Å². The molecule has 2 rings (SSSR count). The molecule has 0 fully saturated rings. The van der Waals surface area contributed by atoms with E-state index in [0.717, 1.165) is 43.4 Å². The first-order chi connectivity index (χ1) is 8.22. The second-order valence-electron chi connectivity index (χ2n) is 4.42. The molecule has 1 aromatic heterocycles.